The van der Waals surface area contributed by atoms with Gasteiger partial charge in [-0.3, -0.25) is 4.79 Å². The monoisotopic (exact) mass is 328 g/mol. The minimum Gasteiger partial charge on any atom is -0.436 e. The molecule has 0 aliphatic rings. The van der Waals surface area contributed by atoms with E-state index in [-0.39, 0.29) is 11.7 Å². The van der Waals surface area contributed by atoms with Gasteiger partial charge >= 0.3 is 0 Å². The number of carbonyl (C=O) groups excluding carboxylic acids is 1. The van der Waals surface area contributed by atoms with E-state index in [1.807, 2.05) is 0 Å². The van der Waals surface area contributed by atoms with Gasteiger partial charge in [0.15, 0.2) is 5.89 Å². The summed E-state index contributed by atoms with van der Waals surface area (Å²) < 4.78 is 5.99. The number of amides is 1. The first-order valence-corrected chi connectivity index (χ1v) is 6.35. The van der Waals surface area contributed by atoms with Crippen LogP contribution in [-0.2, 0) is 0 Å². The number of nitrogens with zero attached hydrogens (tertiary/aromatic N) is 1. The van der Waals surface area contributed by atoms with Gasteiger partial charge in [-0.15, -0.1) is 0 Å². The van der Waals surface area contributed by atoms with Crippen molar-refractivity contribution in [1.82, 2.24) is 4.98 Å². The Labute approximate surface area is 117 Å². The molecule has 4 nitrogen and oxygen atoms in total. The highest BCUT2D eigenvalue weighted by Gasteiger charge is 2.17. The van der Waals surface area contributed by atoms with Crippen molar-refractivity contribution in [2.75, 3.05) is 5.32 Å². The van der Waals surface area contributed by atoms with Crippen molar-refractivity contribution in [2.24, 2.45) is 0 Å². The van der Waals surface area contributed by atoms with Crippen molar-refractivity contribution in [3.63, 3.8) is 0 Å². The van der Waals surface area contributed by atoms with Crippen LogP contribution < -0.4 is 5.32 Å². The normalized spacial score (nSPS) is 10.4. The molecule has 1 aromatic carbocycles. The Morgan fingerprint density at radius 3 is 2.78 bits per heavy atom. The van der Waals surface area contributed by atoms with Gasteiger partial charge in [0.05, 0.1) is 11.4 Å². The van der Waals surface area contributed by atoms with Crippen molar-refractivity contribution in [3.8, 4) is 0 Å². The summed E-state index contributed by atoms with van der Waals surface area (Å²) in [4.78, 5) is 16.1. The number of hydrogen-bond acceptors (Lipinski definition) is 3. The minimum absolute atomic E-state index is 0.208. The minimum atomic E-state index is -0.351. The predicted octanol–water partition coefficient (Wildman–Crippen LogP) is 3.96. The lowest BCUT2D eigenvalue weighted by atomic mass is 10.3. The van der Waals surface area contributed by atoms with Gasteiger partial charge in [-0.1, -0.05) is 11.6 Å². The molecule has 0 aliphatic heterocycles. The Bertz CT molecular complexity index is 610. The van der Waals surface area contributed by atoms with Crippen molar-refractivity contribution in [1.29, 1.82) is 0 Å². The van der Waals surface area contributed by atoms with E-state index in [1.54, 1.807) is 32.0 Å². The lowest BCUT2D eigenvalue weighted by Gasteiger charge is -2.06. The molecule has 2 rings (SSSR count). The quantitative estimate of drug-likeness (QED) is 0.907. The average Bonchev–Trinajstić information content (AvgIpc) is 2.63. The molecule has 0 bridgehead atoms. The molecule has 0 saturated heterocycles. The van der Waals surface area contributed by atoms with Crippen LogP contribution >= 0.6 is 27.5 Å². The maximum absolute atomic E-state index is 12.0. The number of hydrogen-bond donors (Lipinski definition) is 1. The molecule has 0 saturated carbocycles. The van der Waals surface area contributed by atoms with E-state index in [0.29, 0.717) is 22.3 Å². The highest BCUT2D eigenvalue weighted by atomic mass is 79.9. The molecule has 18 heavy (non-hydrogen) atoms. The molecule has 0 aliphatic carbocycles. The van der Waals surface area contributed by atoms with Crippen molar-refractivity contribution < 1.29 is 9.21 Å². The Hall–Kier alpha value is -1.33. The topological polar surface area (TPSA) is 55.1 Å². The second-order valence-corrected chi connectivity index (χ2v) is 5.02. The summed E-state index contributed by atoms with van der Waals surface area (Å²) in [5.74, 6) is 0.318. The second kappa shape index (κ2) is 5.12. The van der Waals surface area contributed by atoms with Crippen LogP contribution in [0.15, 0.2) is 27.1 Å². The van der Waals surface area contributed by atoms with Gasteiger partial charge in [-0.05, 0) is 41.1 Å². The standard InChI is InChI=1S/C12H10BrClN2O2/c1-6-11(18-7(2)15-6)12(17)16-10-5-8(14)3-4-9(10)13/h3-5H,1-2H3,(H,16,17). The van der Waals surface area contributed by atoms with Crippen molar-refractivity contribution in [2.45, 2.75) is 13.8 Å². The summed E-state index contributed by atoms with van der Waals surface area (Å²) in [7, 11) is 0. The number of carbonyl (C=O) groups is 1. The molecular weight excluding hydrogens is 320 g/mol. The molecular formula is C12H10BrClN2O2. The van der Waals surface area contributed by atoms with E-state index in [2.05, 4.69) is 26.2 Å². The van der Waals surface area contributed by atoms with Gasteiger partial charge in [0.2, 0.25) is 5.76 Å². The largest absolute Gasteiger partial charge is 0.436 e. The van der Waals surface area contributed by atoms with Crippen LogP contribution in [0.5, 0.6) is 0 Å². The van der Waals surface area contributed by atoms with Crippen LogP contribution in [0.4, 0.5) is 5.69 Å². The smallest absolute Gasteiger partial charge is 0.293 e. The third kappa shape index (κ3) is 2.73. The molecule has 0 atom stereocenters. The number of oxazole rings is 1. The number of rotatable bonds is 2. The number of nitrogens with one attached hydrogen (secondary N) is 1. The first-order valence-electron chi connectivity index (χ1n) is 5.18. The first-order chi connectivity index (χ1) is 8.47. The third-order valence-electron chi connectivity index (χ3n) is 2.29. The van der Waals surface area contributed by atoms with E-state index in [9.17, 15) is 4.79 Å². The fraction of sp³-hybridized carbons (Fsp3) is 0.167. The van der Waals surface area contributed by atoms with Gasteiger partial charge in [-0.25, -0.2) is 4.98 Å². The van der Waals surface area contributed by atoms with E-state index in [4.69, 9.17) is 16.0 Å². The van der Waals surface area contributed by atoms with Crippen LogP contribution in [0.2, 0.25) is 5.02 Å². The summed E-state index contributed by atoms with van der Waals surface area (Å²) in [6.07, 6.45) is 0. The van der Waals surface area contributed by atoms with E-state index >= 15 is 0 Å². The van der Waals surface area contributed by atoms with Gasteiger partial charge in [0.25, 0.3) is 5.91 Å². The third-order valence-corrected chi connectivity index (χ3v) is 3.21. The Kier molecular flexibility index (Phi) is 3.73. The Morgan fingerprint density at radius 2 is 2.17 bits per heavy atom. The van der Waals surface area contributed by atoms with Crippen LogP contribution in [0.3, 0.4) is 0 Å². The van der Waals surface area contributed by atoms with Crippen LogP contribution in [-0.4, -0.2) is 10.9 Å². The maximum atomic E-state index is 12.0. The van der Waals surface area contributed by atoms with Crippen LogP contribution in [0.25, 0.3) is 0 Å². The molecule has 1 amide bonds. The molecule has 94 valence electrons. The summed E-state index contributed by atoms with van der Waals surface area (Å²) in [6, 6.07) is 5.14. The maximum Gasteiger partial charge on any atom is 0.293 e. The lowest BCUT2D eigenvalue weighted by Crippen LogP contribution is -2.12. The van der Waals surface area contributed by atoms with Gasteiger partial charge in [0.1, 0.15) is 0 Å². The molecule has 1 N–H and O–H groups in total. The number of aromatic nitrogens is 1. The zero-order valence-electron chi connectivity index (χ0n) is 9.75. The molecule has 0 unspecified atom stereocenters. The van der Waals surface area contributed by atoms with Gasteiger partial charge in [0, 0.05) is 16.4 Å². The fourth-order valence-electron chi connectivity index (χ4n) is 1.51. The van der Waals surface area contributed by atoms with E-state index < -0.39 is 0 Å². The predicted molar refractivity (Wildman–Crippen MR) is 73.1 cm³/mol. The molecule has 0 fully saturated rings. The molecule has 1 heterocycles. The number of aryl methyl sites for hydroxylation is 2. The first kappa shape index (κ1) is 13.1. The summed E-state index contributed by atoms with van der Waals surface area (Å²) in [5.41, 5.74) is 1.14. The molecule has 0 spiro atoms. The molecule has 2 aromatic rings. The van der Waals surface area contributed by atoms with E-state index in [0.717, 1.165) is 4.47 Å². The molecule has 1 aromatic heterocycles. The highest BCUT2D eigenvalue weighted by molar-refractivity contribution is 9.10. The van der Waals surface area contributed by atoms with E-state index in [1.165, 1.54) is 0 Å². The van der Waals surface area contributed by atoms with Gasteiger partial charge < -0.3 is 9.73 Å². The SMILES string of the molecule is Cc1nc(C)c(C(=O)Nc2cc(Cl)ccc2Br)o1. The summed E-state index contributed by atoms with van der Waals surface area (Å²) in [5, 5.41) is 3.26. The molecule has 0 radical (unpaired) electrons. The van der Waals surface area contributed by atoms with Crippen molar-refractivity contribution >= 4 is 39.1 Å². The van der Waals surface area contributed by atoms with Crippen molar-refractivity contribution in [3.05, 3.63) is 45.0 Å². The number of halogens is 2. The molecule has 6 heteroatoms. The van der Waals surface area contributed by atoms with Crippen LogP contribution in [0, 0.1) is 13.8 Å². The highest BCUT2D eigenvalue weighted by Crippen LogP contribution is 2.26. The second-order valence-electron chi connectivity index (χ2n) is 3.73. The zero-order valence-corrected chi connectivity index (χ0v) is 12.1. The van der Waals surface area contributed by atoms with Crippen LogP contribution in [0.1, 0.15) is 22.1 Å². The lowest BCUT2D eigenvalue weighted by molar-refractivity contribution is 0.0994. The fourth-order valence-corrected chi connectivity index (χ4v) is 2.03. The number of anilines is 1. The zero-order chi connectivity index (χ0) is 13.3. The summed E-state index contributed by atoms with van der Waals surface area (Å²) >= 11 is 9.21. The number of benzene rings is 1. The average molecular weight is 330 g/mol. The van der Waals surface area contributed by atoms with Gasteiger partial charge in [-0.2, -0.15) is 0 Å². The summed E-state index contributed by atoms with van der Waals surface area (Å²) in [6.45, 7) is 3.41. The Morgan fingerprint density at radius 1 is 1.44 bits per heavy atom. The Balaban J connectivity index is 2.26.